The van der Waals surface area contributed by atoms with E-state index in [4.69, 9.17) is 0 Å². The van der Waals surface area contributed by atoms with E-state index in [2.05, 4.69) is 64.2 Å². The van der Waals surface area contributed by atoms with Crippen LogP contribution in [0.5, 0.6) is 0 Å². The maximum Gasteiger partial charge on any atom is 0.223 e. The molecule has 3 rings (SSSR count). The molecule has 4 N–H and O–H groups in total. The lowest BCUT2D eigenvalue weighted by Crippen LogP contribution is -2.41. The Morgan fingerprint density at radius 3 is 2.74 bits per heavy atom. The highest BCUT2D eigenvalue weighted by molar-refractivity contribution is 14.0. The summed E-state index contributed by atoms with van der Waals surface area (Å²) in [5.41, 5.74) is 3.77. The van der Waals surface area contributed by atoms with E-state index in [0.717, 1.165) is 31.8 Å². The quantitative estimate of drug-likeness (QED) is 0.202. The first kappa shape index (κ1) is 21.5. The SMILES string of the molecule is CCNC(=NCCc1c[nH]c2c(C)cccc12)NCCNC(=O)C1CC1.I. The number of carbonyl (C=O) groups excluding carboxylic acids is 1. The number of halogens is 1. The summed E-state index contributed by atoms with van der Waals surface area (Å²) < 4.78 is 0. The second kappa shape index (κ2) is 10.5. The van der Waals surface area contributed by atoms with Gasteiger partial charge in [-0.1, -0.05) is 18.2 Å². The number of hydrogen-bond acceptors (Lipinski definition) is 2. The molecule has 0 unspecified atom stereocenters. The molecule has 1 saturated carbocycles. The molecule has 27 heavy (non-hydrogen) atoms. The molecule has 2 aromatic rings. The van der Waals surface area contributed by atoms with E-state index in [1.165, 1.54) is 22.0 Å². The Kier molecular flexibility index (Phi) is 8.40. The summed E-state index contributed by atoms with van der Waals surface area (Å²) >= 11 is 0. The summed E-state index contributed by atoms with van der Waals surface area (Å²) in [7, 11) is 0. The summed E-state index contributed by atoms with van der Waals surface area (Å²) in [4.78, 5) is 19.6. The van der Waals surface area contributed by atoms with Crippen molar-refractivity contribution in [2.75, 3.05) is 26.2 Å². The van der Waals surface area contributed by atoms with Crippen molar-refractivity contribution in [1.29, 1.82) is 0 Å². The van der Waals surface area contributed by atoms with Crippen LogP contribution in [-0.2, 0) is 11.2 Å². The molecule has 7 heteroatoms. The summed E-state index contributed by atoms with van der Waals surface area (Å²) in [6.07, 6.45) is 5.05. The third-order valence-corrected chi connectivity index (χ3v) is 4.67. The van der Waals surface area contributed by atoms with E-state index in [1.54, 1.807) is 0 Å². The molecular weight excluding hydrogens is 453 g/mol. The van der Waals surface area contributed by atoms with Crippen LogP contribution in [-0.4, -0.2) is 43.0 Å². The topological polar surface area (TPSA) is 81.3 Å². The fourth-order valence-electron chi connectivity index (χ4n) is 3.06. The summed E-state index contributed by atoms with van der Waals surface area (Å²) in [6.45, 7) is 7.00. The van der Waals surface area contributed by atoms with Crippen LogP contribution < -0.4 is 16.0 Å². The van der Waals surface area contributed by atoms with E-state index in [-0.39, 0.29) is 35.8 Å². The number of H-pyrrole nitrogens is 1. The minimum absolute atomic E-state index is 0. The number of carbonyl (C=O) groups is 1. The Balaban J connectivity index is 0.00000261. The van der Waals surface area contributed by atoms with Crippen molar-refractivity contribution in [3.05, 3.63) is 35.5 Å². The molecule has 1 aromatic carbocycles. The number of benzene rings is 1. The lowest BCUT2D eigenvalue weighted by Gasteiger charge is -2.11. The van der Waals surface area contributed by atoms with Crippen molar-refractivity contribution in [1.82, 2.24) is 20.9 Å². The lowest BCUT2D eigenvalue weighted by atomic mass is 10.1. The van der Waals surface area contributed by atoms with E-state index in [1.807, 2.05) is 0 Å². The van der Waals surface area contributed by atoms with Gasteiger partial charge in [0.1, 0.15) is 0 Å². The fraction of sp³-hybridized carbons (Fsp3) is 0.500. The number of aromatic amines is 1. The average Bonchev–Trinajstić information content (AvgIpc) is 3.40. The minimum atomic E-state index is 0. The van der Waals surface area contributed by atoms with E-state index in [0.29, 0.717) is 19.6 Å². The number of para-hydroxylation sites is 1. The van der Waals surface area contributed by atoms with Crippen molar-refractivity contribution >= 4 is 46.7 Å². The number of rotatable bonds is 8. The maximum absolute atomic E-state index is 11.6. The molecule has 0 radical (unpaired) electrons. The molecule has 1 fully saturated rings. The number of hydrogen-bond donors (Lipinski definition) is 4. The van der Waals surface area contributed by atoms with Gasteiger partial charge in [-0.15, -0.1) is 24.0 Å². The van der Waals surface area contributed by atoms with Crippen molar-refractivity contribution in [2.45, 2.75) is 33.1 Å². The van der Waals surface area contributed by atoms with E-state index < -0.39 is 0 Å². The summed E-state index contributed by atoms with van der Waals surface area (Å²) in [5.74, 6) is 1.24. The lowest BCUT2D eigenvalue weighted by molar-refractivity contribution is -0.122. The van der Waals surface area contributed by atoms with Crippen LogP contribution in [0.2, 0.25) is 0 Å². The largest absolute Gasteiger partial charge is 0.361 e. The maximum atomic E-state index is 11.6. The highest BCUT2D eigenvalue weighted by Gasteiger charge is 2.28. The normalized spacial score (nSPS) is 13.9. The number of guanidine groups is 1. The van der Waals surface area contributed by atoms with Gasteiger partial charge in [0.15, 0.2) is 5.96 Å². The molecule has 1 aliphatic rings. The highest BCUT2D eigenvalue weighted by atomic mass is 127. The summed E-state index contributed by atoms with van der Waals surface area (Å²) in [6, 6.07) is 6.37. The average molecular weight is 483 g/mol. The molecule has 1 aliphatic carbocycles. The van der Waals surface area contributed by atoms with Crippen LogP contribution in [0.1, 0.15) is 30.9 Å². The number of amides is 1. The van der Waals surface area contributed by atoms with Gasteiger partial charge >= 0.3 is 0 Å². The Labute approximate surface area is 178 Å². The number of nitrogens with zero attached hydrogens (tertiary/aromatic N) is 1. The minimum Gasteiger partial charge on any atom is -0.361 e. The first-order chi connectivity index (χ1) is 12.7. The van der Waals surface area contributed by atoms with Crippen LogP contribution in [0.15, 0.2) is 29.4 Å². The molecule has 0 saturated heterocycles. The Morgan fingerprint density at radius 1 is 1.22 bits per heavy atom. The smallest absolute Gasteiger partial charge is 0.223 e. The van der Waals surface area contributed by atoms with E-state index >= 15 is 0 Å². The number of nitrogens with one attached hydrogen (secondary N) is 4. The van der Waals surface area contributed by atoms with Gasteiger partial charge in [-0.05, 0) is 44.2 Å². The third-order valence-electron chi connectivity index (χ3n) is 4.67. The fourth-order valence-corrected chi connectivity index (χ4v) is 3.06. The van der Waals surface area contributed by atoms with Crippen LogP contribution in [0.25, 0.3) is 10.9 Å². The molecule has 6 nitrogen and oxygen atoms in total. The molecule has 148 valence electrons. The monoisotopic (exact) mass is 483 g/mol. The molecule has 1 amide bonds. The van der Waals surface area contributed by atoms with Crippen LogP contribution in [0, 0.1) is 12.8 Å². The van der Waals surface area contributed by atoms with Crippen LogP contribution >= 0.6 is 24.0 Å². The molecule has 0 spiro atoms. The van der Waals surface area contributed by atoms with Gasteiger partial charge in [0, 0.05) is 49.2 Å². The van der Waals surface area contributed by atoms with Crippen molar-refractivity contribution in [3.63, 3.8) is 0 Å². The molecule has 1 heterocycles. The molecule has 0 atom stereocenters. The zero-order valence-corrected chi connectivity index (χ0v) is 18.4. The highest BCUT2D eigenvalue weighted by Crippen LogP contribution is 2.28. The Hall–Kier alpha value is -1.77. The van der Waals surface area contributed by atoms with Gasteiger partial charge in [0.25, 0.3) is 0 Å². The molecule has 1 aromatic heterocycles. The number of aromatic nitrogens is 1. The second-order valence-electron chi connectivity index (χ2n) is 6.81. The second-order valence-corrected chi connectivity index (χ2v) is 6.81. The standard InChI is InChI=1S/C20H29N5O.HI/c1-3-21-20(24-12-11-22-19(26)15-7-8-15)23-10-9-16-13-25-18-14(2)5-4-6-17(16)18;/h4-6,13,15,25H,3,7-12H2,1-2H3,(H,22,26)(H2,21,23,24);1H. The summed E-state index contributed by atoms with van der Waals surface area (Å²) in [5, 5.41) is 10.8. The third kappa shape index (κ3) is 6.12. The van der Waals surface area contributed by atoms with Crippen molar-refractivity contribution in [2.24, 2.45) is 10.9 Å². The zero-order chi connectivity index (χ0) is 18.4. The van der Waals surface area contributed by atoms with Gasteiger partial charge in [0.2, 0.25) is 5.91 Å². The van der Waals surface area contributed by atoms with E-state index in [9.17, 15) is 4.79 Å². The van der Waals surface area contributed by atoms with Crippen LogP contribution in [0.3, 0.4) is 0 Å². The van der Waals surface area contributed by atoms with Gasteiger partial charge in [-0.2, -0.15) is 0 Å². The van der Waals surface area contributed by atoms with Crippen molar-refractivity contribution < 1.29 is 4.79 Å². The van der Waals surface area contributed by atoms with Crippen LogP contribution in [0.4, 0.5) is 0 Å². The first-order valence-corrected chi connectivity index (χ1v) is 9.54. The predicted octanol–water partition coefficient (Wildman–Crippen LogP) is 2.72. The molecule has 0 aliphatic heterocycles. The molecule has 0 bridgehead atoms. The van der Waals surface area contributed by atoms with Crippen molar-refractivity contribution in [3.8, 4) is 0 Å². The number of fused-ring (bicyclic) bond motifs is 1. The number of aliphatic imine (C=N–C) groups is 1. The van der Waals surface area contributed by atoms with Gasteiger partial charge in [-0.25, -0.2) is 0 Å². The predicted molar refractivity (Wildman–Crippen MR) is 122 cm³/mol. The van der Waals surface area contributed by atoms with Gasteiger partial charge < -0.3 is 20.9 Å². The zero-order valence-electron chi connectivity index (χ0n) is 16.1. The Morgan fingerprint density at radius 2 is 2.00 bits per heavy atom. The molecular formula is C20H30IN5O. The Bertz CT molecular complexity index is 782. The van der Waals surface area contributed by atoms with Gasteiger partial charge in [-0.3, -0.25) is 9.79 Å². The van der Waals surface area contributed by atoms with Gasteiger partial charge in [0.05, 0.1) is 0 Å². The number of aryl methyl sites for hydroxylation is 1. The first-order valence-electron chi connectivity index (χ1n) is 9.54.